The molecule has 0 N–H and O–H groups in total. The molecule has 0 spiro atoms. The number of halogens is 3. The summed E-state index contributed by atoms with van der Waals surface area (Å²) in [5.41, 5.74) is -1.03. The first kappa shape index (κ1) is 12.3. The smallest absolute Gasteiger partial charge is 0.419 e. The lowest BCUT2D eigenvalue weighted by Crippen LogP contribution is -2.12. The maximum atomic E-state index is 12.3. The largest absolute Gasteiger partial charge is 0.496 e. The molecule has 86 valence electrons. The first-order valence-corrected chi connectivity index (χ1v) is 4.36. The molecule has 0 saturated carbocycles. The van der Waals surface area contributed by atoms with E-state index in [0.29, 0.717) is 0 Å². The van der Waals surface area contributed by atoms with E-state index in [4.69, 9.17) is 4.74 Å². The van der Waals surface area contributed by atoms with Crippen LogP contribution in [0.1, 0.15) is 5.56 Å². The van der Waals surface area contributed by atoms with Crippen molar-refractivity contribution in [2.24, 2.45) is 0 Å². The van der Waals surface area contributed by atoms with E-state index in [0.717, 1.165) is 6.08 Å². The zero-order valence-electron chi connectivity index (χ0n) is 8.41. The zero-order valence-corrected chi connectivity index (χ0v) is 8.41. The van der Waals surface area contributed by atoms with Gasteiger partial charge in [0.05, 0.1) is 12.7 Å². The zero-order chi connectivity index (χ0) is 12.2. The molecule has 2 nitrogen and oxygen atoms in total. The summed E-state index contributed by atoms with van der Waals surface area (Å²) >= 11 is 0. The van der Waals surface area contributed by atoms with Crippen LogP contribution in [0, 0.1) is 0 Å². The molecule has 0 saturated heterocycles. The topological polar surface area (TPSA) is 26.3 Å². The number of methoxy groups -OCH3 is 1. The number of hydrogen-bond acceptors (Lipinski definition) is 2. The van der Waals surface area contributed by atoms with Crippen LogP contribution >= 0.6 is 0 Å². The maximum absolute atomic E-state index is 12.3. The van der Waals surface area contributed by atoms with Crippen molar-refractivity contribution in [2.45, 2.75) is 6.18 Å². The Morgan fingerprint density at radius 3 is 2.44 bits per heavy atom. The van der Waals surface area contributed by atoms with E-state index < -0.39 is 11.7 Å². The number of alkyl halides is 3. The van der Waals surface area contributed by atoms with Crippen LogP contribution in [-0.4, -0.2) is 19.6 Å². The van der Waals surface area contributed by atoms with Gasteiger partial charge in [-0.15, -0.1) is 0 Å². The van der Waals surface area contributed by atoms with Crippen LogP contribution in [0.15, 0.2) is 29.8 Å². The van der Waals surface area contributed by atoms with Crippen molar-refractivity contribution >= 4 is 12.4 Å². The van der Waals surface area contributed by atoms with Crippen LogP contribution in [0.2, 0.25) is 0 Å². The van der Waals surface area contributed by atoms with Crippen LogP contribution in [-0.2, 0) is 4.79 Å². The molecule has 5 heteroatoms. The van der Waals surface area contributed by atoms with Gasteiger partial charge in [-0.05, 0) is 12.1 Å². The van der Waals surface area contributed by atoms with Gasteiger partial charge in [0.1, 0.15) is 5.75 Å². The van der Waals surface area contributed by atoms with E-state index in [2.05, 4.69) is 0 Å². The number of hydrogen-bond donors (Lipinski definition) is 0. The Morgan fingerprint density at radius 1 is 1.31 bits per heavy atom. The summed E-state index contributed by atoms with van der Waals surface area (Å²) in [5, 5.41) is 0. The lowest BCUT2D eigenvalue weighted by molar-refractivity contribution is -0.118. The molecule has 0 aliphatic rings. The minimum absolute atomic E-state index is 0.212. The fraction of sp³-hybridized carbons (Fsp3) is 0.182. The molecule has 0 atom stereocenters. The maximum Gasteiger partial charge on any atom is 0.419 e. The number of benzene rings is 1. The molecule has 0 radical (unpaired) electrons. The van der Waals surface area contributed by atoms with Gasteiger partial charge >= 0.3 is 6.18 Å². The molecule has 0 unspecified atom stereocenters. The van der Waals surface area contributed by atoms with E-state index in [1.807, 2.05) is 0 Å². The van der Waals surface area contributed by atoms with Gasteiger partial charge in [-0.2, -0.15) is 13.2 Å². The number of aldehydes is 1. The van der Waals surface area contributed by atoms with Crippen molar-refractivity contribution in [3.05, 3.63) is 35.4 Å². The first-order valence-electron chi connectivity index (χ1n) is 4.36. The van der Waals surface area contributed by atoms with E-state index in [9.17, 15) is 18.0 Å². The molecule has 16 heavy (non-hydrogen) atoms. The van der Waals surface area contributed by atoms with Gasteiger partial charge < -0.3 is 4.74 Å². The van der Waals surface area contributed by atoms with Crippen LogP contribution in [0.5, 0.6) is 5.75 Å². The fourth-order valence-electron chi connectivity index (χ4n) is 1.14. The molecule has 0 amide bonds. The predicted molar refractivity (Wildman–Crippen MR) is 53.1 cm³/mol. The van der Waals surface area contributed by atoms with Crippen molar-refractivity contribution in [2.75, 3.05) is 7.11 Å². The standard InChI is InChI=1S/C11H9F3O2/c1-16-10-5-3-2-4-8(10)6-9(7-15)11(12,13)14/h2-7H,1H3/b9-6+. The van der Waals surface area contributed by atoms with Gasteiger partial charge in [-0.3, -0.25) is 4.79 Å². The minimum atomic E-state index is -4.65. The minimum Gasteiger partial charge on any atom is -0.496 e. The van der Waals surface area contributed by atoms with E-state index in [-0.39, 0.29) is 17.6 Å². The highest BCUT2D eigenvalue weighted by Crippen LogP contribution is 2.28. The monoisotopic (exact) mass is 230 g/mol. The molecule has 1 rings (SSSR count). The third-order valence-electron chi connectivity index (χ3n) is 1.90. The fourth-order valence-corrected chi connectivity index (χ4v) is 1.14. The molecular formula is C11H9F3O2. The second kappa shape index (κ2) is 4.83. The normalized spacial score (nSPS) is 12.4. The van der Waals surface area contributed by atoms with Gasteiger partial charge in [-0.25, -0.2) is 0 Å². The number of rotatable bonds is 3. The molecule has 1 aromatic rings. The van der Waals surface area contributed by atoms with Gasteiger partial charge in [-0.1, -0.05) is 18.2 Å². The Morgan fingerprint density at radius 2 is 1.94 bits per heavy atom. The third kappa shape index (κ3) is 2.85. The lowest BCUT2D eigenvalue weighted by Gasteiger charge is -2.07. The van der Waals surface area contributed by atoms with Crippen LogP contribution in [0.25, 0.3) is 6.08 Å². The molecular weight excluding hydrogens is 221 g/mol. The van der Waals surface area contributed by atoms with Crippen LogP contribution in [0.4, 0.5) is 13.2 Å². The van der Waals surface area contributed by atoms with Crippen molar-refractivity contribution in [1.82, 2.24) is 0 Å². The predicted octanol–water partition coefficient (Wildman–Crippen LogP) is 2.84. The molecule has 0 fully saturated rings. The summed E-state index contributed by atoms with van der Waals surface area (Å²) in [5.74, 6) is 0.283. The summed E-state index contributed by atoms with van der Waals surface area (Å²) in [6.45, 7) is 0. The van der Waals surface area contributed by atoms with Gasteiger partial charge in [0.25, 0.3) is 0 Å². The van der Waals surface area contributed by atoms with Crippen molar-refractivity contribution in [1.29, 1.82) is 0 Å². The Balaban J connectivity index is 3.19. The van der Waals surface area contributed by atoms with Gasteiger partial charge in [0.2, 0.25) is 0 Å². The quantitative estimate of drug-likeness (QED) is 0.589. The van der Waals surface area contributed by atoms with E-state index in [1.54, 1.807) is 12.1 Å². The van der Waals surface area contributed by atoms with Crippen molar-refractivity contribution in [3.63, 3.8) is 0 Å². The first-order chi connectivity index (χ1) is 7.49. The Bertz CT molecular complexity index is 408. The molecule has 0 bridgehead atoms. The average Bonchev–Trinajstić information content (AvgIpc) is 2.24. The third-order valence-corrected chi connectivity index (χ3v) is 1.90. The number of carbonyl (C=O) groups excluding carboxylic acids is 1. The Hall–Kier alpha value is -1.78. The Kier molecular flexibility index (Phi) is 3.71. The number of allylic oxidation sites excluding steroid dienone is 1. The highest BCUT2D eigenvalue weighted by Gasteiger charge is 2.33. The van der Waals surface area contributed by atoms with Crippen LogP contribution < -0.4 is 4.74 Å². The second-order valence-electron chi connectivity index (χ2n) is 2.96. The molecule has 0 aromatic heterocycles. The Labute approximate surface area is 90.3 Å². The highest BCUT2D eigenvalue weighted by molar-refractivity contribution is 5.84. The summed E-state index contributed by atoms with van der Waals surface area (Å²) in [6, 6.07) is 6.15. The van der Waals surface area contributed by atoms with Gasteiger partial charge in [0, 0.05) is 5.56 Å². The average molecular weight is 230 g/mol. The molecule has 0 aliphatic carbocycles. The molecule has 0 aliphatic heterocycles. The molecule has 1 aromatic carbocycles. The number of ether oxygens (including phenoxy) is 1. The number of para-hydroxylation sites is 1. The summed E-state index contributed by atoms with van der Waals surface area (Å²) < 4.78 is 41.8. The van der Waals surface area contributed by atoms with Crippen molar-refractivity contribution < 1.29 is 22.7 Å². The SMILES string of the molecule is COc1ccccc1/C=C(\C=O)C(F)(F)F. The summed E-state index contributed by atoms with van der Waals surface area (Å²) in [6.07, 6.45) is -4.11. The molecule has 0 heterocycles. The number of carbonyl (C=O) groups is 1. The van der Waals surface area contributed by atoms with Crippen molar-refractivity contribution in [3.8, 4) is 5.75 Å². The van der Waals surface area contributed by atoms with Gasteiger partial charge in [0.15, 0.2) is 6.29 Å². The second-order valence-corrected chi connectivity index (χ2v) is 2.96. The highest BCUT2D eigenvalue weighted by atomic mass is 19.4. The van der Waals surface area contributed by atoms with E-state index in [1.165, 1.54) is 19.2 Å². The van der Waals surface area contributed by atoms with E-state index >= 15 is 0 Å². The summed E-state index contributed by atoms with van der Waals surface area (Å²) in [7, 11) is 1.35. The lowest BCUT2D eigenvalue weighted by atomic mass is 10.1. The van der Waals surface area contributed by atoms with Crippen LogP contribution in [0.3, 0.4) is 0 Å². The summed E-state index contributed by atoms with van der Waals surface area (Å²) in [4.78, 5) is 10.3.